The highest BCUT2D eigenvalue weighted by molar-refractivity contribution is 5.76. The van der Waals surface area contributed by atoms with Gasteiger partial charge < -0.3 is 5.32 Å². The molecule has 1 heterocycles. The molecule has 0 unspecified atom stereocenters. The van der Waals surface area contributed by atoms with Crippen molar-refractivity contribution in [3.8, 4) is 0 Å². The van der Waals surface area contributed by atoms with Crippen molar-refractivity contribution in [3.05, 3.63) is 35.4 Å². The number of benzene rings is 1. The highest BCUT2D eigenvalue weighted by Crippen LogP contribution is 2.49. The maximum Gasteiger partial charge on any atom is 0.220 e. The Labute approximate surface area is 158 Å². The lowest BCUT2D eigenvalue weighted by Crippen LogP contribution is -2.34. The van der Waals surface area contributed by atoms with E-state index in [-0.39, 0.29) is 5.91 Å². The number of piperidine rings is 1. The third-order valence-electron chi connectivity index (χ3n) is 7.06. The van der Waals surface area contributed by atoms with Crippen molar-refractivity contribution in [1.29, 1.82) is 0 Å². The Hall–Kier alpha value is -1.35. The molecule has 142 valence electrons. The first-order valence-electron chi connectivity index (χ1n) is 10.7. The van der Waals surface area contributed by atoms with Gasteiger partial charge in [0.25, 0.3) is 0 Å². The molecule has 3 aliphatic rings. The number of hydrogen-bond donors (Lipinski definition) is 1. The second-order valence-corrected chi connectivity index (χ2v) is 9.17. The van der Waals surface area contributed by atoms with Gasteiger partial charge >= 0.3 is 0 Å². The Morgan fingerprint density at radius 1 is 1.15 bits per heavy atom. The quantitative estimate of drug-likeness (QED) is 0.823. The maximum absolute atomic E-state index is 12.5. The average molecular weight is 355 g/mol. The minimum Gasteiger partial charge on any atom is -0.352 e. The van der Waals surface area contributed by atoms with Crippen molar-refractivity contribution in [2.75, 3.05) is 13.1 Å². The van der Waals surface area contributed by atoms with E-state index >= 15 is 0 Å². The van der Waals surface area contributed by atoms with E-state index < -0.39 is 0 Å². The van der Waals surface area contributed by atoms with Crippen molar-refractivity contribution in [2.24, 2.45) is 23.7 Å². The monoisotopic (exact) mass is 354 g/mol. The number of nitrogens with zero attached hydrogens (tertiary/aromatic N) is 1. The number of fused-ring (bicyclic) bond motifs is 2. The highest BCUT2D eigenvalue weighted by atomic mass is 16.1. The van der Waals surface area contributed by atoms with Gasteiger partial charge in [-0.15, -0.1) is 0 Å². The Bertz CT molecular complexity index is 628. The largest absolute Gasteiger partial charge is 0.352 e. The van der Waals surface area contributed by atoms with Gasteiger partial charge in [0.2, 0.25) is 5.91 Å². The number of likely N-dealkylation sites (tertiary alicyclic amines) is 1. The lowest BCUT2D eigenvalue weighted by Gasteiger charge is -2.31. The highest BCUT2D eigenvalue weighted by Gasteiger charge is 2.40. The summed E-state index contributed by atoms with van der Waals surface area (Å²) >= 11 is 0. The van der Waals surface area contributed by atoms with Gasteiger partial charge in [-0.05, 0) is 73.4 Å². The van der Waals surface area contributed by atoms with Gasteiger partial charge in [-0.2, -0.15) is 0 Å². The molecule has 3 fully saturated rings. The van der Waals surface area contributed by atoms with Crippen molar-refractivity contribution in [2.45, 2.75) is 65.0 Å². The Morgan fingerprint density at radius 2 is 2.00 bits per heavy atom. The molecule has 26 heavy (non-hydrogen) atoms. The standard InChI is InChI=1S/C23H34N2O/c1-17-5-4-10-25(15-17)16-21-7-3-2-6-20(21)14-24-23(26)13-22-12-18-8-9-19(22)11-18/h2-3,6-7,17-19,22H,4-5,8-16H2,1H3,(H,24,26)/t17-,18-,19-,22+/m0/s1. The predicted molar refractivity (Wildman–Crippen MR) is 106 cm³/mol. The summed E-state index contributed by atoms with van der Waals surface area (Å²) in [7, 11) is 0. The van der Waals surface area contributed by atoms with Crippen LogP contribution in [0.2, 0.25) is 0 Å². The van der Waals surface area contributed by atoms with E-state index in [1.165, 1.54) is 62.7 Å². The van der Waals surface area contributed by atoms with E-state index in [9.17, 15) is 4.79 Å². The number of nitrogens with one attached hydrogen (secondary N) is 1. The zero-order valence-electron chi connectivity index (χ0n) is 16.3. The number of rotatable bonds is 6. The minimum absolute atomic E-state index is 0.254. The summed E-state index contributed by atoms with van der Waals surface area (Å²) < 4.78 is 0. The first-order chi connectivity index (χ1) is 12.7. The third-order valence-corrected chi connectivity index (χ3v) is 7.06. The summed E-state index contributed by atoms with van der Waals surface area (Å²) in [5, 5.41) is 3.21. The fraction of sp³-hybridized carbons (Fsp3) is 0.696. The van der Waals surface area contributed by atoms with Crippen molar-refractivity contribution >= 4 is 5.91 Å². The lowest BCUT2D eigenvalue weighted by molar-refractivity contribution is -0.122. The summed E-state index contributed by atoms with van der Waals surface area (Å²) in [5.41, 5.74) is 2.66. The second-order valence-electron chi connectivity index (χ2n) is 9.17. The fourth-order valence-electron chi connectivity index (χ4n) is 5.69. The molecule has 1 aromatic carbocycles. The van der Waals surface area contributed by atoms with Crippen LogP contribution in [-0.2, 0) is 17.9 Å². The van der Waals surface area contributed by atoms with E-state index in [1.807, 2.05) is 0 Å². The maximum atomic E-state index is 12.5. The first kappa shape index (κ1) is 18.0. The molecular formula is C23H34N2O. The van der Waals surface area contributed by atoms with Gasteiger partial charge in [0.15, 0.2) is 0 Å². The average Bonchev–Trinajstić information content (AvgIpc) is 3.24. The molecular weight excluding hydrogens is 320 g/mol. The van der Waals surface area contributed by atoms with Crippen LogP contribution >= 0.6 is 0 Å². The van der Waals surface area contributed by atoms with Crippen LogP contribution in [0.1, 0.15) is 63.0 Å². The SMILES string of the molecule is C[C@H]1CCCN(Cc2ccccc2CNC(=O)C[C@H]2C[C@H]3CC[C@H]2C3)C1. The van der Waals surface area contributed by atoms with E-state index in [1.54, 1.807) is 0 Å². The normalized spacial score (nSPS) is 31.3. The van der Waals surface area contributed by atoms with E-state index in [4.69, 9.17) is 0 Å². The number of hydrogen-bond acceptors (Lipinski definition) is 2. The van der Waals surface area contributed by atoms with Gasteiger partial charge in [-0.25, -0.2) is 0 Å². The van der Waals surface area contributed by atoms with E-state index in [0.717, 1.165) is 30.7 Å². The van der Waals surface area contributed by atoms with Gasteiger partial charge in [-0.1, -0.05) is 37.6 Å². The Morgan fingerprint density at radius 3 is 2.73 bits per heavy atom. The molecule has 1 amide bonds. The van der Waals surface area contributed by atoms with E-state index in [0.29, 0.717) is 12.5 Å². The van der Waals surface area contributed by atoms with Crippen LogP contribution in [0, 0.1) is 23.7 Å². The summed E-state index contributed by atoms with van der Waals surface area (Å²) in [6, 6.07) is 8.64. The second kappa shape index (κ2) is 8.12. The molecule has 3 nitrogen and oxygen atoms in total. The topological polar surface area (TPSA) is 32.3 Å². The van der Waals surface area contributed by atoms with Crippen molar-refractivity contribution in [3.63, 3.8) is 0 Å². The van der Waals surface area contributed by atoms with Crippen molar-refractivity contribution in [1.82, 2.24) is 10.2 Å². The summed E-state index contributed by atoms with van der Waals surface area (Å²) in [5.74, 6) is 3.46. The van der Waals surface area contributed by atoms with Gasteiger partial charge in [0.05, 0.1) is 0 Å². The zero-order chi connectivity index (χ0) is 17.9. The molecule has 1 aliphatic heterocycles. The van der Waals surface area contributed by atoms with Gasteiger partial charge in [0, 0.05) is 26.1 Å². The number of amides is 1. The van der Waals surface area contributed by atoms with Crippen molar-refractivity contribution < 1.29 is 4.79 Å². The molecule has 0 aromatic heterocycles. The summed E-state index contributed by atoms with van der Waals surface area (Å²) in [6.45, 7) is 6.45. The molecule has 1 aromatic rings. The molecule has 0 spiro atoms. The van der Waals surface area contributed by atoms with Crippen LogP contribution in [0.4, 0.5) is 0 Å². The molecule has 1 N–H and O–H groups in total. The Kier molecular flexibility index (Phi) is 5.63. The molecule has 2 bridgehead atoms. The zero-order valence-corrected chi connectivity index (χ0v) is 16.3. The molecule has 4 atom stereocenters. The lowest BCUT2D eigenvalue weighted by atomic mass is 9.86. The van der Waals surface area contributed by atoms with Crippen LogP contribution in [0.3, 0.4) is 0 Å². The van der Waals surface area contributed by atoms with E-state index in [2.05, 4.69) is 41.4 Å². The third kappa shape index (κ3) is 4.31. The van der Waals surface area contributed by atoms with Gasteiger partial charge in [0.1, 0.15) is 0 Å². The summed E-state index contributed by atoms with van der Waals surface area (Å²) in [6.07, 6.45) is 8.86. The molecule has 3 heteroatoms. The molecule has 2 aliphatic carbocycles. The molecule has 1 saturated heterocycles. The Balaban J connectivity index is 1.29. The predicted octanol–water partition coefficient (Wildman–Crippen LogP) is 4.36. The first-order valence-corrected chi connectivity index (χ1v) is 10.7. The minimum atomic E-state index is 0.254. The smallest absolute Gasteiger partial charge is 0.220 e. The number of carbonyl (C=O) groups is 1. The van der Waals surface area contributed by atoms with Crippen LogP contribution in [0.5, 0.6) is 0 Å². The van der Waals surface area contributed by atoms with Crippen LogP contribution in [0.15, 0.2) is 24.3 Å². The van der Waals surface area contributed by atoms with Crippen LogP contribution in [0.25, 0.3) is 0 Å². The van der Waals surface area contributed by atoms with Gasteiger partial charge in [-0.3, -0.25) is 9.69 Å². The summed E-state index contributed by atoms with van der Waals surface area (Å²) in [4.78, 5) is 15.0. The van der Waals surface area contributed by atoms with Crippen LogP contribution in [-0.4, -0.2) is 23.9 Å². The number of carbonyl (C=O) groups excluding carboxylic acids is 1. The molecule has 4 rings (SSSR count). The fourth-order valence-corrected chi connectivity index (χ4v) is 5.69. The van der Waals surface area contributed by atoms with Crippen LogP contribution < -0.4 is 5.32 Å². The molecule has 2 saturated carbocycles. The molecule has 0 radical (unpaired) electrons.